The first-order chi connectivity index (χ1) is 16.8. The number of carbonyl (C=O) groups excluding carboxylic acids is 3. The van der Waals surface area contributed by atoms with Crippen molar-refractivity contribution in [2.75, 3.05) is 0 Å². The van der Waals surface area contributed by atoms with Crippen LogP contribution in [0.4, 0.5) is 0 Å². The molecule has 1 amide bonds. The third kappa shape index (κ3) is 8.75. The fourth-order valence-corrected chi connectivity index (χ4v) is 4.09. The first kappa shape index (κ1) is 29.0. The van der Waals surface area contributed by atoms with E-state index in [4.69, 9.17) is 16.2 Å². The number of nitrogens with two attached hydrogens (primary N) is 2. The molecule has 1 unspecified atom stereocenters. The predicted molar refractivity (Wildman–Crippen MR) is 141 cm³/mol. The highest BCUT2D eigenvalue weighted by molar-refractivity contribution is 5.90. The topological polar surface area (TPSA) is 133 Å². The van der Waals surface area contributed by atoms with E-state index in [-0.39, 0.29) is 56.4 Å². The lowest BCUT2D eigenvalue weighted by molar-refractivity contribution is -0.145. The summed E-state index contributed by atoms with van der Waals surface area (Å²) in [6.07, 6.45) is -0.345. The van der Waals surface area contributed by atoms with Crippen LogP contribution in [-0.2, 0) is 25.7 Å². The van der Waals surface area contributed by atoms with Crippen molar-refractivity contribution in [1.29, 1.82) is 0 Å². The van der Waals surface area contributed by atoms with Gasteiger partial charge < -0.3 is 21.3 Å². The first-order valence-electron chi connectivity index (χ1n) is 11.8. The number of Topliss-reactive ketones (excluding diaryl/α,β-unsaturated/α-hetero) is 1. The molecule has 3 aromatic carbocycles. The lowest BCUT2D eigenvalue weighted by Gasteiger charge is -2.22. The molecule has 192 valence electrons. The highest BCUT2D eigenvalue weighted by Gasteiger charge is 2.28. The Morgan fingerprint density at radius 2 is 1.58 bits per heavy atom. The third-order valence-electron chi connectivity index (χ3n) is 6.02. The molecule has 36 heavy (non-hydrogen) atoms. The van der Waals surface area contributed by atoms with E-state index in [9.17, 15) is 19.5 Å². The number of aliphatic hydroxyl groups excluding tert-OH is 1. The number of primary amides is 1. The van der Waals surface area contributed by atoms with Crippen molar-refractivity contribution < 1.29 is 24.2 Å². The zero-order valence-electron chi connectivity index (χ0n) is 20.0. The summed E-state index contributed by atoms with van der Waals surface area (Å²) in [7, 11) is 0. The maximum Gasteiger partial charge on any atom is 0.306 e. The summed E-state index contributed by atoms with van der Waals surface area (Å²) in [5.41, 5.74) is 13.0. The molecular formula is C28H33ClN2O5. The Morgan fingerprint density at radius 3 is 2.28 bits per heavy atom. The number of carbonyl (C=O) groups is 3. The molecule has 0 fully saturated rings. The van der Waals surface area contributed by atoms with Crippen molar-refractivity contribution in [2.45, 2.75) is 50.9 Å². The second-order valence-electron chi connectivity index (χ2n) is 8.77. The summed E-state index contributed by atoms with van der Waals surface area (Å²) in [6.45, 7) is 0.192. The molecule has 0 bridgehead atoms. The van der Waals surface area contributed by atoms with Gasteiger partial charge >= 0.3 is 5.97 Å². The van der Waals surface area contributed by atoms with Crippen LogP contribution in [0.25, 0.3) is 10.8 Å². The molecule has 0 radical (unpaired) electrons. The Labute approximate surface area is 217 Å². The van der Waals surface area contributed by atoms with Crippen LogP contribution in [0.3, 0.4) is 0 Å². The molecular weight excluding hydrogens is 480 g/mol. The molecule has 3 atom stereocenters. The standard InChI is InChI=1S/C28H32N2O5.ClH/c29-24(11-6-12-27(33)35-18-19-7-2-1-3-8-19)28(34)23(17-26(30)32)16-25(31)22-14-13-20-9-4-5-10-21(20)15-22;/h1-5,7-10,13-15,23-25,31H,6,11-12,16-18,29H2,(H2,30,32);1H/t23-,24-,25?;/m0./s1. The van der Waals surface area contributed by atoms with Gasteiger partial charge in [0, 0.05) is 18.8 Å². The number of rotatable bonds is 13. The van der Waals surface area contributed by atoms with Gasteiger partial charge in [-0.1, -0.05) is 66.7 Å². The SMILES string of the molecule is Cl.NC(=O)C[C@H](CC(O)c1ccc2ccccc2c1)C(=O)[C@@H](N)CCCC(=O)OCc1ccccc1. The van der Waals surface area contributed by atoms with E-state index >= 15 is 0 Å². The summed E-state index contributed by atoms with van der Waals surface area (Å²) in [5.74, 6) is -2.16. The average Bonchev–Trinajstić information content (AvgIpc) is 2.86. The minimum absolute atomic E-state index is 0. The van der Waals surface area contributed by atoms with Gasteiger partial charge in [-0.15, -0.1) is 12.4 Å². The lowest BCUT2D eigenvalue weighted by atomic mass is 9.86. The van der Waals surface area contributed by atoms with E-state index in [0.29, 0.717) is 12.0 Å². The van der Waals surface area contributed by atoms with E-state index < -0.39 is 24.0 Å². The lowest BCUT2D eigenvalue weighted by Crippen LogP contribution is -2.38. The minimum Gasteiger partial charge on any atom is -0.461 e. The number of esters is 1. The molecule has 0 aliphatic heterocycles. The van der Waals surface area contributed by atoms with Gasteiger partial charge in [-0.3, -0.25) is 14.4 Å². The monoisotopic (exact) mass is 512 g/mol. The summed E-state index contributed by atoms with van der Waals surface area (Å²) < 4.78 is 5.24. The summed E-state index contributed by atoms with van der Waals surface area (Å²) in [4.78, 5) is 36.6. The molecule has 0 saturated heterocycles. The van der Waals surface area contributed by atoms with Crippen LogP contribution in [-0.4, -0.2) is 28.8 Å². The van der Waals surface area contributed by atoms with Crippen LogP contribution in [0, 0.1) is 5.92 Å². The van der Waals surface area contributed by atoms with Crippen LogP contribution < -0.4 is 11.5 Å². The number of aliphatic hydroxyl groups is 1. The molecule has 3 aromatic rings. The highest BCUT2D eigenvalue weighted by Crippen LogP contribution is 2.27. The van der Waals surface area contributed by atoms with E-state index in [1.165, 1.54) is 0 Å². The first-order valence-corrected chi connectivity index (χ1v) is 11.8. The molecule has 8 heteroatoms. The van der Waals surface area contributed by atoms with E-state index in [1.54, 1.807) is 6.07 Å². The van der Waals surface area contributed by atoms with Gasteiger partial charge in [-0.2, -0.15) is 0 Å². The zero-order chi connectivity index (χ0) is 25.2. The second kappa shape index (κ2) is 14.3. The maximum absolute atomic E-state index is 13.0. The Bertz CT molecular complexity index is 1150. The molecule has 0 saturated carbocycles. The highest BCUT2D eigenvalue weighted by atomic mass is 35.5. The van der Waals surface area contributed by atoms with Gasteiger partial charge in [0.25, 0.3) is 0 Å². The smallest absolute Gasteiger partial charge is 0.306 e. The van der Waals surface area contributed by atoms with Crippen LogP contribution in [0.5, 0.6) is 0 Å². The van der Waals surface area contributed by atoms with Crippen molar-refractivity contribution >= 4 is 40.8 Å². The summed E-state index contributed by atoms with van der Waals surface area (Å²) in [6, 6.07) is 21.8. The van der Waals surface area contributed by atoms with Gasteiger partial charge in [-0.25, -0.2) is 0 Å². The number of halogens is 1. The van der Waals surface area contributed by atoms with Gasteiger partial charge in [0.15, 0.2) is 5.78 Å². The number of ketones is 1. The Kier molecular flexibility index (Phi) is 11.5. The number of hydrogen-bond donors (Lipinski definition) is 3. The molecule has 7 nitrogen and oxygen atoms in total. The van der Waals surface area contributed by atoms with Crippen LogP contribution in [0.1, 0.15) is 49.3 Å². The van der Waals surface area contributed by atoms with Crippen LogP contribution in [0.15, 0.2) is 72.8 Å². The van der Waals surface area contributed by atoms with Gasteiger partial charge in [0.1, 0.15) is 6.61 Å². The van der Waals surface area contributed by atoms with E-state index in [2.05, 4.69) is 0 Å². The Balaban J connectivity index is 0.00000456. The molecule has 0 spiro atoms. The van der Waals surface area contributed by atoms with Crippen LogP contribution >= 0.6 is 12.4 Å². The Morgan fingerprint density at radius 1 is 0.917 bits per heavy atom. The van der Waals surface area contributed by atoms with Crippen LogP contribution in [0.2, 0.25) is 0 Å². The van der Waals surface area contributed by atoms with Crippen molar-refractivity contribution in [3.63, 3.8) is 0 Å². The number of fused-ring (bicyclic) bond motifs is 1. The van der Waals surface area contributed by atoms with Crippen molar-refractivity contribution in [3.05, 3.63) is 83.9 Å². The molecule has 0 aliphatic carbocycles. The third-order valence-corrected chi connectivity index (χ3v) is 6.02. The quantitative estimate of drug-likeness (QED) is 0.297. The van der Waals surface area contributed by atoms with Crippen molar-refractivity contribution in [2.24, 2.45) is 17.4 Å². The normalized spacial score (nSPS) is 13.3. The number of benzene rings is 3. The van der Waals surface area contributed by atoms with E-state index in [0.717, 1.165) is 16.3 Å². The number of hydrogen-bond acceptors (Lipinski definition) is 6. The molecule has 0 aromatic heterocycles. The van der Waals surface area contributed by atoms with Gasteiger partial charge in [-0.05, 0) is 47.2 Å². The van der Waals surface area contributed by atoms with Crippen molar-refractivity contribution in [1.82, 2.24) is 0 Å². The number of amides is 1. The minimum atomic E-state index is -0.951. The molecule has 0 aliphatic rings. The summed E-state index contributed by atoms with van der Waals surface area (Å²) >= 11 is 0. The van der Waals surface area contributed by atoms with Crippen molar-refractivity contribution in [3.8, 4) is 0 Å². The average molecular weight is 513 g/mol. The van der Waals surface area contributed by atoms with Gasteiger partial charge in [0.2, 0.25) is 5.91 Å². The fourth-order valence-electron chi connectivity index (χ4n) is 4.09. The largest absolute Gasteiger partial charge is 0.461 e. The van der Waals surface area contributed by atoms with Gasteiger partial charge in [0.05, 0.1) is 12.1 Å². The molecule has 3 rings (SSSR count). The summed E-state index contributed by atoms with van der Waals surface area (Å²) in [5, 5.41) is 12.8. The number of ether oxygens (including phenoxy) is 1. The molecule has 5 N–H and O–H groups in total. The second-order valence-corrected chi connectivity index (χ2v) is 8.77. The predicted octanol–water partition coefficient (Wildman–Crippen LogP) is 3.99. The zero-order valence-corrected chi connectivity index (χ0v) is 20.9. The molecule has 0 heterocycles. The van der Waals surface area contributed by atoms with E-state index in [1.807, 2.05) is 66.7 Å². The maximum atomic E-state index is 13.0. The fraction of sp³-hybridized carbons (Fsp3) is 0.321. The Hall–Kier alpha value is -3.26.